The van der Waals surface area contributed by atoms with Gasteiger partial charge in [-0.2, -0.15) is 5.10 Å². The van der Waals surface area contributed by atoms with E-state index in [1.165, 1.54) is 19.3 Å². The van der Waals surface area contributed by atoms with E-state index in [1.807, 2.05) is 4.68 Å². The van der Waals surface area contributed by atoms with Crippen molar-refractivity contribution in [3.05, 3.63) is 12.7 Å². The van der Waals surface area contributed by atoms with Crippen molar-refractivity contribution < 1.29 is 4.79 Å². The Morgan fingerprint density at radius 3 is 2.57 bits per heavy atom. The minimum atomic E-state index is 0.0322. The Labute approximate surface area is 138 Å². The van der Waals surface area contributed by atoms with Crippen LogP contribution >= 0.6 is 0 Å². The summed E-state index contributed by atoms with van der Waals surface area (Å²) >= 11 is 0. The average Bonchev–Trinajstić information content (AvgIpc) is 3.10. The highest BCUT2D eigenvalue weighted by molar-refractivity contribution is 5.82. The SMILES string of the molecule is CC(C)[C@H](C(=O)N1CCC[C@@H](n2cncn2)C1)N1CCCCC1. The summed E-state index contributed by atoms with van der Waals surface area (Å²) in [4.78, 5) is 21.7. The summed E-state index contributed by atoms with van der Waals surface area (Å²) in [7, 11) is 0. The third-order valence-corrected chi connectivity index (χ3v) is 5.19. The molecule has 128 valence electrons. The number of rotatable bonds is 4. The molecule has 2 aliphatic rings. The van der Waals surface area contributed by atoms with E-state index in [1.54, 1.807) is 12.7 Å². The minimum Gasteiger partial charge on any atom is -0.339 e. The van der Waals surface area contributed by atoms with Crippen molar-refractivity contribution in [1.82, 2.24) is 24.6 Å². The molecule has 2 aliphatic heterocycles. The second-order valence-corrected chi connectivity index (χ2v) is 7.24. The molecule has 2 saturated heterocycles. The largest absolute Gasteiger partial charge is 0.339 e. The Hall–Kier alpha value is -1.43. The van der Waals surface area contributed by atoms with Gasteiger partial charge in [-0.1, -0.05) is 20.3 Å². The van der Waals surface area contributed by atoms with Crippen LogP contribution in [0.2, 0.25) is 0 Å². The molecule has 6 nitrogen and oxygen atoms in total. The van der Waals surface area contributed by atoms with Gasteiger partial charge in [0, 0.05) is 13.1 Å². The van der Waals surface area contributed by atoms with Crippen molar-refractivity contribution in [2.45, 2.75) is 58.0 Å². The smallest absolute Gasteiger partial charge is 0.240 e. The van der Waals surface area contributed by atoms with Crippen LogP contribution in [-0.2, 0) is 4.79 Å². The highest BCUT2D eigenvalue weighted by Crippen LogP contribution is 2.24. The number of aromatic nitrogens is 3. The van der Waals surface area contributed by atoms with E-state index in [0.29, 0.717) is 11.8 Å². The zero-order valence-corrected chi connectivity index (χ0v) is 14.4. The van der Waals surface area contributed by atoms with Gasteiger partial charge in [0.05, 0.1) is 12.1 Å². The summed E-state index contributed by atoms with van der Waals surface area (Å²) in [6, 6.07) is 0.300. The molecule has 1 aromatic rings. The lowest BCUT2D eigenvalue weighted by atomic mass is 9.96. The van der Waals surface area contributed by atoms with E-state index in [9.17, 15) is 4.79 Å². The zero-order chi connectivity index (χ0) is 16.2. The summed E-state index contributed by atoms with van der Waals surface area (Å²) in [6.07, 6.45) is 9.20. The number of hydrogen-bond acceptors (Lipinski definition) is 4. The van der Waals surface area contributed by atoms with Gasteiger partial charge in [0.15, 0.2) is 0 Å². The zero-order valence-electron chi connectivity index (χ0n) is 14.4. The second-order valence-electron chi connectivity index (χ2n) is 7.24. The molecule has 0 aliphatic carbocycles. The number of amides is 1. The molecule has 1 aromatic heterocycles. The van der Waals surface area contributed by atoms with E-state index >= 15 is 0 Å². The fraction of sp³-hybridized carbons (Fsp3) is 0.824. The van der Waals surface area contributed by atoms with Crippen LogP contribution in [0.15, 0.2) is 12.7 Å². The van der Waals surface area contributed by atoms with Gasteiger partial charge in [0.2, 0.25) is 5.91 Å². The first-order valence-electron chi connectivity index (χ1n) is 9.04. The number of nitrogens with zero attached hydrogens (tertiary/aromatic N) is 5. The number of piperidine rings is 2. The lowest BCUT2D eigenvalue weighted by molar-refractivity contribution is -0.141. The number of hydrogen-bond donors (Lipinski definition) is 0. The molecule has 1 amide bonds. The van der Waals surface area contributed by atoms with Crippen molar-refractivity contribution in [2.75, 3.05) is 26.2 Å². The first-order chi connectivity index (χ1) is 11.2. The van der Waals surface area contributed by atoms with Crippen molar-refractivity contribution in [1.29, 1.82) is 0 Å². The molecule has 0 spiro atoms. The Bertz CT molecular complexity index is 495. The van der Waals surface area contributed by atoms with Crippen LogP contribution in [0.1, 0.15) is 52.0 Å². The highest BCUT2D eigenvalue weighted by atomic mass is 16.2. The third-order valence-electron chi connectivity index (χ3n) is 5.19. The maximum absolute atomic E-state index is 13.2. The van der Waals surface area contributed by atoms with E-state index in [2.05, 4.69) is 33.7 Å². The molecule has 0 N–H and O–H groups in total. The molecule has 3 rings (SSSR count). The van der Waals surface area contributed by atoms with Crippen LogP contribution in [0.5, 0.6) is 0 Å². The van der Waals surface area contributed by atoms with Gasteiger partial charge < -0.3 is 4.90 Å². The summed E-state index contributed by atoms with van der Waals surface area (Å²) in [5.41, 5.74) is 0. The highest BCUT2D eigenvalue weighted by Gasteiger charge is 2.35. The van der Waals surface area contributed by atoms with Crippen LogP contribution in [-0.4, -0.2) is 62.7 Å². The Balaban J connectivity index is 1.69. The minimum absolute atomic E-state index is 0.0322. The molecule has 2 fully saturated rings. The Morgan fingerprint density at radius 2 is 1.91 bits per heavy atom. The van der Waals surface area contributed by atoms with Gasteiger partial charge in [-0.15, -0.1) is 0 Å². The average molecular weight is 319 g/mol. The van der Waals surface area contributed by atoms with Crippen LogP contribution in [0.3, 0.4) is 0 Å². The van der Waals surface area contributed by atoms with Crippen molar-refractivity contribution in [2.24, 2.45) is 5.92 Å². The monoisotopic (exact) mass is 319 g/mol. The van der Waals surface area contributed by atoms with Gasteiger partial charge in [-0.3, -0.25) is 9.69 Å². The first-order valence-corrected chi connectivity index (χ1v) is 9.04. The topological polar surface area (TPSA) is 54.3 Å². The Morgan fingerprint density at radius 1 is 1.13 bits per heavy atom. The summed E-state index contributed by atoms with van der Waals surface area (Å²) < 4.78 is 1.91. The van der Waals surface area contributed by atoms with E-state index in [0.717, 1.165) is 39.0 Å². The van der Waals surface area contributed by atoms with Crippen LogP contribution in [0, 0.1) is 5.92 Å². The van der Waals surface area contributed by atoms with Crippen LogP contribution < -0.4 is 0 Å². The van der Waals surface area contributed by atoms with Gasteiger partial charge in [-0.25, -0.2) is 9.67 Å². The molecule has 0 radical (unpaired) electrons. The lowest BCUT2D eigenvalue weighted by Gasteiger charge is -2.41. The van der Waals surface area contributed by atoms with Crippen LogP contribution in [0.25, 0.3) is 0 Å². The normalized spacial score (nSPS) is 24.8. The standard InChI is InChI=1S/C17H29N5O/c1-14(2)16(20-8-4-3-5-9-20)17(23)21-10-6-7-15(11-21)22-13-18-12-19-22/h12-16H,3-11H2,1-2H3/t15-,16-/m1/s1. The van der Waals surface area contributed by atoms with E-state index in [-0.39, 0.29) is 12.1 Å². The van der Waals surface area contributed by atoms with Crippen molar-refractivity contribution in [3.8, 4) is 0 Å². The molecule has 0 aromatic carbocycles. The maximum Gasteiger partial charge on any atom is 0.240 e. The predicted octanol–water partition coefficient (Wildman–Crippen LogP) is 1.95. The number of carbonyl (C=O) groups excluding carboxylic acids is 1. The number of likely N-dealkylation sites (tertiary alicyclic amines) is 2. The predicted molar refractivity (Wildman–Crippen MR) is 88.9 cm³/mol. The molecular formula is C17H29N5O. The summed E-state index contributed by atoms with van der Waals surface area (Å²) in [5.74, 6) is 0.666. The van der Waals surface area contributed by atoms with Crippen molar-refractivity contribution in [3.63, 3.8) is 0 Å². The first kappa shape index (κ1) is 16.4. The maximum atomic E-state index is 13.2. The number of carbonyl (C=O) groups is 1. The summed E-state index contributed by atoms with van der Waals surface area (Å²) in [6.45, 7) is 8.12. The van der Waals surface area contributed by atoms with Gasteiger partial charge in [0.1, 0.15) is 12.7 Å². The third kappa shape index (κ3) is 3.74. The Kier molecular flexibility index (Phi) is 5.30. The van der Waals surface area contributed by atoms with Gasteiger partial charge in [0.25, 0.3) is 0 Å². The fourth-order valence-corrected chi connectivity index (χ4v) is 4.02. The molecule has 0 bridgehead atoms. The van der Waals surface area contributed by atoms with Crippen molar-refractivity contribution >= 4 is 5.91 Å². The quantitative estimate of drug-likeness (QED) is 0.851. The molecule has 6 heteroatoms. The molecule has 23 heavy (non-hydrogen) atoms. The molecule has 0 unspecified atom stereocenters. The van der Waals surface area contributed by atoms with E-state index in [4.69, 9.17) is 0 Å². The van der Waals surface area contributed by atoms with Crippen LogP contribution in [0.4, 0.5) is 0 Å². The summed E-state index contributed by atoms with van der Waals surface area (Å²) in [5, 5.41) is 4.26. The fourth-order valence-electron chi connectivity index (χ4n) is 4.02. The second kappa shape index (κ2) is 7.43. The van der Waals surface area contributed by atoms with Gasteiger partial charge in [-0.05, 0) is 44.7 Å². The lowest BCUT2D eigenvalue weighted by Crippen LogP contribution is -2.54. The van der Waals surface area contributed by atoms with E-state index < -0.39 is 0 Å². The van der Waals surface area contributed by atoms with Gasteiger partial charge >= 0.3 is 0 Å². The molecule has 0 saturated carbocycles. The molecular weight excluding hydrogens is 290 g/mol. The molecule has 2 atom stereocenters. The molecule has 3 heterocycles.